The summed E-state index contributed by atoms with van der Waals surface area (Å²) in [6.07, 6.45) is 1.92. The number of pyridine rings is 1. The molecule has 0 bridgehead atoms. The monoisotopic (exact) mass is 223 g/mol. The molecule has 0 aromatic carbocycles. The number of fused-ring (bicyclic) bond motifs is 1. The Morgan fingerprint density at radius 1 is 1.33 bits per heavy atom. The van der Waals surface area contributed by atoms with E-state index in [2.05, 4.69) is 22.8 Å². The lowest BCUT2D eigenvalue weighted by atomic mass is 10.3. The third-order valence-corrected chi connectivity index (χ3v) is 2.95. The van der Waals surface area contributed by atoms with Crippen molar-refractivity contribution < 1.29 is 0 Å². The molecule has 0 amide bonds. The summed E-state index contributed by atoms with van der Waals surface area (Å²) >= 11 is 0. The molecule has 0 fully saturated rings. The van der Waals surface area contributed by atoms with Gasteiger partial charge in [0, 0.05) is 24.3 Å². The zero-order valence-electron chi connectivity index (χ0n) is 10.00. The first-order chi connectivity index (χ1) is 7.22. The van der Waals surface area contributed by atoms with Crippen molar-refractivity contribution in [2.45, 2.75) is 20.8 Å². The van der Waals surface area contributed by atoms with E-state index in [1.54, 1.807) is 0 Å². The Bertz CT molecular complexity index is 448. The molecular weight excluding hydrogens is 205 g/mol. The van der Waals surface area contributed by atoms with Gasteiger partial charge in [-0.15, -0.1) is 0 Å². The molecule has 0 N–H and O–H groups in total. The first-order valence-corrected chi connectivity index (χ1v) is 6.69. The second-order valence-electron chi connectivity index (χ2n) is 3.07. The highest BCUT2D eigenvalue weighted by Crippen LogP contribution is 2.16. The quantitative estimate of drug-likeness (QED) is 0.694. The van der Waals surface area contributed by atoms with Crippen LogP contribution in [0.3, 0.4) is 0 Å². The van der Waals surface area contributed by atoms with Gasteiger partial charge in [-0.25, -0.2) is 0 Å². The average molecular weight is 223 g/mol. The Kier molecular flexibility index (Phi) is 4.22. The van der Waals surface area contributed by atoms with Crippen LogP contribution in [0.4, 0.5) is 0 Å². The van der Waals surface area contributed by atoms with Gasteiger partial charge in [0.25, 0.3) is 0 Å². The number of aryl methyl sites for hydroxylation is 2. The lowest BCUT2D eigenvalue weighted by Crippen LogP contribution is -1.98. The maximum Gasteiger partial charge on any atom is 0.0910 e. The van der Waals surface area contributed by atoms with E-state index in [-0.39, 0.29) is 0 Å². The third-order valence-electron chi connectivity index (χ3n) is 2.11. The lowest BCUT2D eigenvalue weighted by molar-refractivity contribution is 0.806. The van der Waals surface area contributed by atoms with Gasteiger partial charge in [-0.3, -0.25) is 9.67 Å². The van der Waals surface area contributed by atoms with E-state index in [0.717, 1.165) is 19.7 Å². The lowest BCUT2D eigenvalue weighted by Gasteiger charge is -1.94. The largest absolute Gasteiger partial charge is 0.267 e. The Morgan fingerprint density at radius 3 is 2.60 bits per heavy atom. The normalized spacial score (nSPS) is 10.7. The highest BCUT2D eigenvalue weighted by Gasteiger charge is 2.06. The summed E-state index contributed by atoms with van der Waals surface area (Å²) in [6.45, 7) is 8.14. The molecule has 2 aromatic rings. The summed E-state index contributed by atoms with van der Waals surface area (Å²) in [6, 6.07) is 2.08. The third kappa shape index (κ3) is 2.35. The van der Waals surface area contributed by atoms with Crippen LogP contribution in [-0.2, 0) is 7.05 Å². The van der Waals surface area contributed by atoms with E-state index < -0.39 is 0 Å². The van der Waals surface area contributed by atoms with Crippen molar-refractivity contribution in [1.82, 2.24) is 14.8 Å². The fraction of sp³-hybridized carbons (Fsp3) is 0.455. The molecule has 1 unspecified atom stereocenters. The molecular formula is C11H18N3P. The number of rotatable bonds is 1. The van der Waals surface area contributed by atoms with Gasteiger partial charge in [-0.2, -0.15) is 5.10 Å². The fourth-order valence-electron chi connectivity index (χ4n) is 1.44. The Hall–Kier alpha value is -0.950. The molecule has 0 aliphatic rings. The smallest absolute Gasteiger partial charge is 0.0910 e. The van der Waals surface area contributed by atoms with Crippen LogP contribution in [-0.4, -0.2) is 21.4 Å². The second-order valence-corrected chi connectivity index (χ2v) is 4.04. The zero-order chi connectivity index (χ0) is 11.4. The van der Waals surface area contributed by atoms with Crippen molar-refractivity contribution in [3.8, 4) is 0 Å². The van der Waals surface area contributed by atoms with Gasteiger partial charge in [0.2, 0.25) is 0 Å². The summed E-state index contributed by atoms with van der Waals surface area (Å²) in [5.74, 6) is 0. The van der Waals surface area contributed by atoms with E-state index in [1.807, 2.05) is 38.7 Å². The van der Waals surface area contributed by atoms with Crippen molar-refractivity contribution in [2.75, 3.05) is 6.66 Å². The summed E-state index contributed by atoms with van der Waals surface area (Å²) in [4.78, 5) is 4.28. The number of nitrogens with zero attached hydrogens (tertiary/aromatic N) is 3. The maximum absolute atomic E-state index is 4.44. The minimum atomic E-state index is 0.730. The highest BCUT2D eigenvalue weighted by molar-refractivity contribution is 7.46. The van der Waals surface area contributed by atoms with Gasteiger partial charge >= 0.3 is 0 Å². The van der Waals surface area contributed by atoms with Gasteiger partial charge in [0.15, 0.2) is 0 Å². The zero-order valence-corrected chi connectivity index (χ0v) is 11.0. The molecule has 0 spiro atoms. The molecule has 0 radical (unpaired) electrons. The van der Waals surface area contributed by atoms with E-state index in [1.165, 1.54) is 10.9 Å². The summed E-state index contributed by atoms with van der Waals surface area (Å²) < 4.78 is 1.93. The maximum atomic E-state index is 4.44. The van der Waals surface area contributed by atoms with Crippen molar-refractivity contribution in [2.24, 2.45) is 7.05 Å². The molecule has 0 saturated carbocycles. The molecule has 2 rings (SSSR count). The predicted molar refractivity (Wildman–Crippen MR) is 68.5 cm³/mol. The van der Waals surface area contributed by atoms with Gasteiger partial charge < -0.3 is 0 Å². The Labute approximate surface area is 92.7 Å². The van der Waals surface area contributed by atoms with E-state index in [9.17, 15) is 0 Å². The average Bonchev–Trinajstić information content (AvgIpc) is 2.58. The molecule has 0 saturated heterocycles. The van der Waals surface area contributed by atoms with Crippen molar-refractivity contribution >= 4 is 24.9 Å². The topological polar surface area (TPSA) is 30.7 Å². The van der Waals surface area contributed by atoms with E-state index in [0.29, 0.717) is 0 Å². The van der Waals surface area contributed by atoms with Crippen molar-refractivity contribution in [1.29, 1.82) is 0 Å². The van der Waals surface area contributed by atoms with Gasteiger partial charge in [-0.05, 0) is 19.7 Å². The van der Waals surface area contributed by atoms with Gasteiger partial charge in [-0.1, -0.05) is 22.4 Å². The highest BCUT2D eigenvalue weighted by atomic mass is 31.1. The molecule has 3 nitrogen and oxygen atoms in total. The van der Waals surface area contributed by atoms with Crippen LogP contribution in [0.25, 0.3) is 10.9 Å². The van der Waals surface area contributed by atoms with Gasteiger partial charge in [0.05, 0.1) is 11.0 Å². The molecule has 0 aliphatic heterocycles. The number of aromatic nitrogens is 3. The molecule has 4 heteroatoms. The van der Waals surface area contributed by atoms with Crippen molar-refractivity contribution in [3.63, 3.8) is 0 Å². The molecule has 82 valence electrons. The van der Waals surface area contributed by atoms with Crippen LogP contribution in [0.1, 0.15) is 19.5 Å². The standard InChI is InChI=1S/C9H12N3P.C2H6/c1-6-4-8-7(5-10-6)9(13-3)11-12(8)2;1-2/h4-5,13H,1-3H3;1-2H3. The second kappa shape index (κ2) is 5.22. The summed E-state index contributed by atoms with van der Waals surface area (Å²) in [5, 5.41) is 5.63. The van der Waals surface area contributed by atoms with Crippen molar-refractivity contribution in [3.05, 3.63) is 18.0 Å². The Balaban J connectivity index is 0.000000531. The van der Waals surface area contributed by atoms with Crippen LogP contribution in [0, 0.1) is 6.92 Å². The van der Waals surface area contributed by atoms with E-state index in [4.69, 9.17) is 0 Å². The van der Waals surface area contributed by atoms with Crippen LogP contribution >= 0.6 is 8.58 Å². The molecule has 0 aliphatic carbocycles. The van der Waals surface area contributed by atoms with Crippen LogP contribution in [0.15, 0.2) is 12.3 Å². The molecule has 15 heavy (non-hydrogen) atoms. The number of hydrogen-bond donors (Lipinski definition) is 0. The Morgan fingerprint density at radius 2 is 2.00 bits per heavy atom. The summed E-state index contributed by atoms with van der Waals surface area (Å²) in [5.41, 5.74) is 3.38. The molecule has 1 atom stereocenters. The van der Waals surface area contributed by atoms with Crippen LogP contribution < -0.4 is 5.44 Å². The van der Waals surface area contributed by atoms with Gasteiger partial charge in [0.1, 0.15) is 0 Å². The predicted octanol–water partition coefficient (Wildman–Crippen LogP) is 2.24. The molecule has 2 aromatic heterocycles. The fourth-order valence-corrected chi connectivity index (χ4v) is 2.15. The molecule has 2 heterocycles. The minimum absolute atomic E-state index is 0.730. The number of hydrogen-bond acceptors (Lipinski definition) is 2. The first-order valence-electron chi connectivity index (χ1n) is 5.19. The van der Waals surface area contributed by atoms with Crippen LogP contribution in [0.5, 0.6) is 0 Å². The van der Waals surface area contributed by atoms with Crippen LogP contribution in [0.2, 0.25) is 0 Å². The van der Waals surface area contributed by atoms with E-state index >= 15 is 0 Å². The summed E-state index contributed by atoms with van der Waals surface area (Å²) in [7, 11) is 2.71. The minimum Gasteiger partial charge on any atom is -0.267 e. The SMILES string of the molecule is CC.CPc1nn(C)c2cc(C)ncc12. The first kappa shape index (κ1) is 12.1.